The van der Waals surface area contributed by atoms with Crippen LogP contribution in [0.4, 0.5) is 8.78 Å². The highest BCUT2D eigenvalue weighted by atomic mass is 19.2. The molecule has 0 saturated heterocycles. The predicted molar refractivity (Wildman–Crippen MR) is 49.4 cm³/mol. The zero-order valence-electron chi connectivity index (χ0n) is 8.18. The molecule has 1 fully saturated rings. The first-order valence-electron chi connectivity index (χ1n) is 4.58. The van der Waals surface area contributed by atoms with Crippen molar-refractivity contribution in [1.82, 2.24) is 0 Å². The number of ether oxygens (including phenoxy) is 1. The van der Waals surface area contributed by atoms with Gasteiger partial charge in [-0.2, -0.15) is 5.26 Å². The Bertz CT molecular complexity index is 447. The maximum Gasteiger partial charge on any atom is 0.163 e. The van der Waals surface area contributed by atoms with Crippen molar-refractivity contribution in [3.63, 3.8) is 0 Å². The summed E-state index contributed by atoms with van der Waals surface area (Å²) in [6, 6.07) is 4.40. The van der Waals surface area contributed by atoms with E-state index >= 15 is 0 Å². The third kappa shape index (κ3) is 1.44. The highest BCUT2D eigenvalue weighted by Gasteiger charge is 2.47. The van der Waals surface area contributed by atoms with Crippen LogP contribution in [0.2, 0.25) is 0 Å². The van der Waals surface area contributed by atoms with Crippen LogP contribution in [-0.4, -0.2) is 7.11 Å². The molecule has 1 aliphatic rings. The summed E-state index contributed by atoms with van der Waals surface area (Å²) in [5.41, 5.74) is -0.721. The lowest BCUT2D eigenvalue weighted by atomic mass is 9.96. The second-order valence-electron chi connectivity index (χ2n) is 3.66. The smallest absolute Gasteiger partial charge is 0.163 e. The van der Waals surface area contributed by atoms with Crippen LogP contribution >= 0.6 is 0 Å². The first-order valence-corrected chi connectivity index (χ1v) is 4.58. The number of halogens is 2. The van der Waals surface area contributed by atoms with E-state index in [1.807, 2.05) is 6.07 Å². The summed E-state index contributed by atoms with van der Waals surface area (Å²) in [5, 5.41) is 8.91. The number of benzene rings is 1. The maximum absolute atomic E-state index is 13.5. The number of nitrogens with zero attached hydrogens (tertiary/aromatic N) is 1. The van der Waals surface area contributed by atoms with E-state index in [4.69, 9.17) is 10.00 Å². The lowest BCUT2D eigenvalue weighted by molar-refractivity contribution is 0.403. The number of hydrogen-bond donors (Lipinski definition) is 0. The summed E-state index contributed by atoms with van der Waals surface area (Å²) in [6.45, 7) is 0. The van der Waals surface area contributed by atoms with E-state index in [2.05, 4.69) is 0 Å². The molecule has 0 unspecified atom stereocenters. The van der Waals surface area contributed by atoms with Crippen LogP contribution in [0.25, 0.3) is 0 Å². The summed E-state index contributed by atoms with van der Waals surface area (Å²) in [7, 11) is 1.38. The van der Waals surface area contributed by atoms with E-state index in [0.29, 0.717) is 12.8 Å². The van der Waals surface area contributed by atoms with Crippen molar-refractivity contribution >= 4 is 0 Å². The molecule has 1 aliphatic carbocycles. The van der Waals surface area contributed by atoms with E-state index in [0.717, 1.165) is 6.07 Å². The first kappa shape index (κ1) is 9.91. The van der Waals surface area contributed by atoms with Crippen LogP contribution in [0.3, 0.4) is 0 Å². The predicted octanol–water partition coefficient (Wildman–Crippen LogP) is 2.53. The van der Waals surface area contributed by atoms with Crippen LogP contribution < -0.4 is 4.74 Å². The van der Waals surface area contributed by atoms with Crippen LogP contribution in [0, 0.1) is 23.0 Å². The van der Waals surface area contributed by atoms with Gasteiger partial charge in [0, 0.05) is 11.6 Å². The molecule has 0 atom stereocenters. The molecule has 0 aliphatic heterocycles. The fourth-order valence-corrected chi connectivity index (χ4v) is 1.60. The molecule has 78 valence electrons. The van der Waals surface area contributed by atoms with Crippen molar-refractivity contribution in [2.24, 2.45) is 0 Å². The largest absolute Gasteiger partial charge is 0.497 e. The molecule has 1 aromatic carbocycles. The van der Waals surface area contributed by atoms with Gasteiger partial charge in [0.2, 0.25) is 0 Å². The van der Waals surface area contributed by atoms with Gasteiger partial charge in [-0.05, 0) is 18.9 Å². The Kier molecular flexibility index (Phi) is 2.11. The third-order valence-corrected chi connectivity index (χ3v) is 2.72. The molecule has 0 N–H and O–H groups in total. The van der Waals surface area contributed by atoms with Crippen molar-refractivity contribution in [2.45, 2.75) is 18.3 Å². The normalized spacial score (nSPS) is 16.9. The minimum Gasteiger partial charge on any atom is -0.497 e. The molecule has 1 aromatic rings. The molecular weight excluding hydrogens is 200 g/mol. The van der Waals surface area contributed by atoms with Crippen LogP contribution in [0.1, 0.15) is 18.4 Å². The van der Waals surface area contributed by atoms with Gasteiger partial charge in [-0.25, -0.2) is 8.78 Å². The van der Waals surface area contributed by atoms with E-state index < -0.39 is 17.0 Å². The molecule has 15 heavy (non-hydrogen) atoms. The number of methoxy groups -OCH3 is 1. The monoisotopic (exact) mass is 209 g/mol. The van der Waals surface area contributed by atoms with E-state index in [9.17, 15) is 8.78 Å². The van der Waals surface area contributed by atoms with Gasteiger partial charge < -0.3 is 4.74 Å². The van der Waals surface area contributed by atoms with E-state index in [1.165, 1.54) is 13.2 Å². The number of nitriles is 1. The van der Waals surface area contributed by atoms with Crippen molar-refractivity contribution < 1.29 is 13.5 Å². The highest BCUT2D eigenvalue weighted by Crippen LogP contribution is 2.49. The SMILES string of the molecule is COc1cc(F)c(F)c(C2(C#N)CC2)c1. The Morgan fingerprint density at radius 3 is 2.53 bits per heavy atom. The molecular formula is C11H9F2NO. The number of rotatable bonds is 2. The Hall–Kier alpha value is -1.63. The van der Waals surface area contributed by atoms with Gasteiger partial charge in [-0.15, -0.1) is 0 Å². The Balaban J connectivity index is 2.56. The summed E-state index contributed by atoms with van der Waals surface area (Å²) < 4.78 is 31.5. The van der Waals surface area contributed by atoms with Gasteiger partial charge in [0.05, 0.1) is 18.6 Å². The Morgan fingerprint density at radius 1 is 1.40 bits per heavy atom. The third-order valence-electron chi connectivity index (χ3n) is 2.72. The topological polar surface area (TPSA) is 33.0 Å². The second kappa shape index (κ2) is 3.20. The minimum absolute atomic E-state index is 0.113. The first-order chi connectivity index (χ1) is 7.13. The average molecular weight is 209 g/mol. The molecule has 2 rings (SSSR count). The molecule has 0 heterocycles. The Morgan fingerprint density at radius 2 is 2.07 bits per heavy atom. The maximum atomic E-state index is 13.5. The fraction of sp³-hybridized carbons (Fsp3) is 0.364. The molecule has 4 heteroatoms. The molecule has 0 aromatic heterocycles. The van der Waals surface area contributed by atoms with Crippen molar-refractivity contribution in [1.29, 1.82) is 5.26 Å². The molecule has 2 nitrogen and oxygen atoms in total. The summed E-state index contributed by atoms with van der Waals surface area (Å²) in [4.78, 5) is 0. The van der Waals surface area contributed by atoms with Gasteiger partial charge in [0.15, 0.2) is 11.6 Å². The second-order valence-corrected chi connectivity index (χ2v) is 3.66. The van der Waals surface area contributed by atoms with Crippen molar-refractivity contribution in [3.8, 4) is 11.8 Å². The summed E-state index contributed by atoms with van der Waals surface area (Å²) in [6.07, 6.45) is 1.15. The molecule has 0 bridgehead atoms. The van der Waals surface area contributed by atoms with Crippen LogP contribution in [0.5, 0.6) is 5.75 Å². The van der Waals surface area contributed by atoms with Crippen LogP contribution in [0.15, 0.2) is 12.1 Å². The number of hydrogen-bond acceptors (Lipinski definition) is 2. The van der Waals surface area contributed by atoms with Gasteiger partial charge in [0.25, 0.3) is 0 Å². The molecule has 0 amide bonds. The zero-order valence-corrected chi connectivity index (χ0v) is 8.18. The van der Waals surface area contributed by atoms with E-state index in [1.54, 1.807) is 0 Å². The van der Waals surface area contributed by atoms with Gasteiger partial charge in [-0.3, -0.25) is 0 Å². The van der Waals surface area contributed by atoms with E-state index in [-0.39, 0.29) is 11.3 Å². The minimum atomic E-state index is -0.967. The lowest BCUT2D eigenvalue weighted by Gasteiger charge is -2.10. The highest BCUT2D eigenvalue weighted by molar-refractivity contribution is 5.44. The Labute approximate surface area is 86.1 Å². The summed E-state index contributed by atoms with van der Waals surface area (Å²) in [5.74, 6) is -1.66. The van der Waals surface area contributed by atoms with Crippen molar-refractivity contribution in [3.05, 3.63) is 29.3 Å². The lowest BCUT2D eigenvalue weighted by Crippen LogP contribution is -2.08. The van der Waals surface area contributed by atoms with Gasteiger partial charge in [0.1, 0.15) is 5.75 Å². The zero-order chi connectivity index (χ0) is 11.1. The van der Waals surface area contributed by atoms with Crippen molar-refractivity contribution in [2.75, 3.05) is 7.11 Å². The van der Waals surface area contributed by atoms with Gasteiger partial charge in [-0.1, -0.05) is 0 Å². The van der Waals surface area contributed by atoms with Crippen LogP contribution in [-0.2, 0) is 5.41 Å². The van der Waals surface area contributed by atoms with Gasteiger partial charge >= 0.3 is 0 Å². The standard InChI is InChI=1S/C11H9F2NO/c1-15-7-4-8(10(13)9(12)5-7)11(6-14)2-3-11/h4-5H,2-3H2,1H3. The molecule has 0 radical (unpaired) electrons. The average Bonchev–Trinajstić information content (AvgIpc) is 3.02. The quantitative estimate of drug-likeness (QED) is 0.749. The fourth-order valence-electron chi connectivity index (χ4n) is 1.60. The molecule has 1 saturated carbocycles. The summed E-state index contributed by atoms with van der Waals surface area (Å²) >= 11 is 0. The molecule has 0 spiro atoms.